The molecule has 0 aliphatic heterocycles. The zero-order valence-electron chi connectivity index (χ0n) is 14.6. The molecule has 3 rings (SSSR count). The minimum atomic E-state index is -0.138. The number of nitrogens with one attached hydrogen (secondary N) is 1. The molecule has 0 radical (unpaired) electrons. The van der Waals surface area contributed by atoms with Crippen molar-refractivity contribution in [2.45, 2.75) is 26.7 Å². The Kier molecular flexibility index (Phi) is 5.69. The van der Waals surface area contributed by atoms with Crippen molar-refractivity contribution in [3.63, 3.8) is 0 Å². The number of fused-ring (bicyclic) bond motifs is 1. The minimum absolute atomic E-state index is 0.138. The molecule has 0 bridgehead atoms. The molecule has 0 spiro atoms. The van der Waals surface area contributed by atoms with E-state index in [-0.39, 0.29) is 5.91 Å². The van der Waals surface area contributed by atoms with Gasteiger partial charge in [0.05, 0.1) is 12.3 Å². The van der Waals surface area contributed by atoms with Gasteiger partial charge in [-0.2, -0.15) is 0 Å². The third-order valence-corrected chi connectivity index (χ3v) is 4.53. The number of aryl methyl sites for hydroxylation is 2. The number of carbonyl (C=O) groups is 1. The smallest absolute Gasteiger partial charge is 0.222 e. The highest BCUT2D eigenvalue weighted by Gasteiger charge is 2.13. The molecule has 2 aromatic heterocycles. The number of nitrogens with zero attached hydrogens (tertiary/aromatic N) is 2. The zero-order valence-corrected chi connectivity index (χ0v) is 16.1. The van der Waals surface area contributed by atoms with Crippen molar-refractivity contribution in [1.82, 2.24) is 9.38 Å². The minimum Gasteiger partial charge on any atom is -0.490 e. The molecule has 1 aromatic carbocycles. The molecular formula is C19H19Cl2N3O2. The van der Waals surface area contributed by atoms with Crippen LogP contribution in [0.5, 0.6) is 5.75 Å². The molecular weight excluding hydrogens is 373 g/mol. The van der Waals surface area contributed by atoms with Crippen molar-refractivity contribution in [3.05, 3.63) is 57.8 Å². The Hall–Kier alpha value is -2.24. The number of amides is 1. The lowest BCUT2D eigenvalue weighted by Crippen LogP contribution is -2.09. The van der Waals surface area contributed by atoms with E-state index >= 15 is 0 Å². The summed E-state index contributed by atoms with van der Waals surface area (Å²) in [5.41, 5.74) is 2.46. The number of rotatable bonds is 6. The highest BCUT2D eigenvalue weighted by atomic mass is 35.5. The topological polar surface area (TPSA) is 55.6 Å². The fourth-order valence-corrected chi connectivity index (χ4v) is 3.26. The first-order chi connectivity index (χ1) is 12.5. The summed E-state index contributed by atoms with van der Waals surface area (Å²) in [5.74, 6) is 1.20. The lowest BCUT2D eigenvalue weighted by molar-refractivity contribution is -0.114. The third-order valence-electron chi connectivity index (χ3n) is 3.95. The Labute approximate surface area is 161 Å². The average molecular weight is 392 g/mol. The largest absolute Gasteiger partial charge is 0.490 e. The first-order valence-corrected chi connectivity index (χ1v) is 9.03. The van der Waals surface area contributed by atoms with Crippen LogP contribution in [-0.2, 0) is 11.2 Å². The second-order valence-corrected chi connectivity index (χ2v) is 6.82. The Bertz CT molecular complexity index is 953. The van der Waals surface area contributed by atoms with Crippen LogP contribution < -0.4 is 10.1 Å². The van der Waals surface area contributed by atoms with Crippen LogP contribution >= 0.6 is 23.2 Å². The van der Waals surface area contributed by atoms with Crippen LogP contribution in [0.1, 0.15) is 24.6 Å². The number of aromatic nitrogens is 2. The normalized spacial score (nSPS) is 10.9. The third kappa shape index (κ3) is 4.11. The van der Waals surface area contributed by atoms with Gasteiger partial charge in [-0.1, -0.05) is 29.3 Å². The number of carbonyl (C=O) groups excluding carboxylic acids is 1. The van der Waals surface area contributed by atoms with E-state index in [4.69, 9.17) is 27.9 Å². The second kappa shape index (κ2) is 7.98. The van der Waals surface area contributed by atoms with E-state index in [9.17, 15) is 4.79 Å². The molecule has 0 saturated heterocycles. The van der Waals surface area contributed by atoms with Crippen molar-refractivity contribution in [2.24, 2.45) is 0 Å². The molecule has 26 heavy (non-hydrogen) atoms. The lowest BCUT2D eigenvalue weighted by Gasteiger charge is -2.09. The van der Waals surface area contributed by atoms with Crippen molar-refractivity contribution in [1.29, 1.82) is 0 Å². The van der Waals surface area contributed by atoms with Gasteiger partial charge in [-0.25, -0.2) is 4.98 Å². The quantitative estimate of drug-likeness (QED) is 0.606. The molecule has 1 N–H and O–H groups in total. The van der Waals surface area contributed by atoms with Crippen LogP contribution in [0.3, 0.4) is 0 Å². The van der Waals surface area contributed by atoms with Gasteiger partial charge in [-0.3, -0.25) is 9.20 Å². The molecule has 7 heteroatoms. The SMILES string of the molecule is CC(=O)Nc1c(C)nc2c(OCCCc3ccc(Cl)cc3Cl)cccn12. The fourth-order valence-electron chi connectivity index (χ4n) is 2.76. The summed E-state index contributed by atoms with van der Waals surface area (Å²) in [7, 11) is 0. The number of ether oxygens (including phenoxy) is 1. The molecule has 0 fully saturated rings. The number of pyridine rings is 1. The molecule has 136 valence electrons. The van der Waals surface area contributed by atoms with Crippen LogP contribution in [-0.4, -0.2) is 21.9 Å². The van der Waals surface area contributed by atoms with E-state index in [1.54, 1.807) is 6.07 Å². The van der Waals surface area contributed by atoms with E-state index in [1.165, 1.54) is 6.92 Å². The van der Waals surface area contributed by atoms with Crippen LogP contribution in [0.2, 0.25) is 10.0 Å². The monoisotopic (exact) mass is 391 g/mol. The predicted molar refractivity (Wildman–Crippen MR) is 105 cm³/mol. The maximum absolute atomic E-state index is 11.4. The van der Waals surface area contributed by atoms with E-state index in [0.29, 0.717) is 33.9 Å². The van der Waals surface area contributed by atoms with Crippen molar-refractivity contribution >= 4 is 40.6 Å². The highest BCUT2D eigenvalue weighted by Crippen LogP contribution is 2.26. The summed E-state index contributed by atoms with van der Waals surface area (Å²) in [4.78, 5) is 15.9. The average Bonchev–Trinajstić information content (AvgIpc) is 2.89. The maximum atomic E-state index is 11.4. The molecule has 0 atom stereocenters. The Morgan fingerprint density at radius 3 is 2.85 bits per heavy atom. The fraction of sp³-hybridized carbons (Fsp3) is 0.263. The Morgan fingerprint density at radius 1 is 1.31 bits per heavy atom. The van der Waals surface area contributed by atoms with Gasteiger partial charge in [0.1, 0.15) is 5.82 Å². The summed E-state index contributed by atoms with van der Waals surface area (Å²) in [6.45, 7) is 3.85. The molecule has 1 amide bonds. The van der Waals surface area contributed by atoms with Gasteiger partial charge in [-0.15, -0.1) is 0 Å². The van der Waals surface area contributed by atoms with Gasteiger partial charge in [0.2, 0.25) is 5.91 Å². The number of hydrogen-bond donors (Lipinski definition) is 1. The predicted octanol–water partition coefficient (Wildman–Crippen LogP) is 4.92. The molecule has 3 aromatic rings. The van der Waals surface area contributed by atoms with Gasteiger partial charge < -0.3 is 10.1 Å². The summed E-state index contributed by atoms with van der Waals surface area (Å²) in [6, 6.07) is 9.25. The van der Waals surface area contributed by atoms with Crippen molar-refractivity contribution in [3.8, 4) is 5.75 Å². The summed E-state index contributed by atoms with van der Waals surface area (Å²) < 4.78 is 7.73. The number of halogens is 2. The van der Waals surface area contributed by atoms with Crippen molar-refractivity contribution < 1.29 is 9.53 Å². The standard InChI is InChI=1S/C19H19Cl2N3O2/c1-12-18(23-13(2)25)24-9-3-6-17(19(24)22-12)26-10-4-5-14-7-8-15(20)11-16(14)21/h3,6-9,11H,4-5,10H2,1-2H3,(H,23,25). The van der Waals surface area contributed by atoms with Gasteiger partial charge in [0.25, 0.3) is 0 Å². The van der Waals surface area contributed by atoms with Crippen molar-refractivity contribution in [2.75, 3.05) is 11.9 Å². The summed E-state index contributed by atoms with van der Waals surface area (Å²) in [5, 5.41) is 4.10. The van der Waals surface area contributed by atoms with E-state index < -0.39 is 0 Å². The van der Waals surface area contributed by atoms with Gasteiger partial charge in [-0.05, 0) is 49.6 Å². The van der Waals surface area contributed by atoms with E-state index in [1.807, 2.05) is 41.8 Å². The highest BCUT2D eigenvalue weighted by molar-refractivity contribution is 6.35. The maximum Gasteiger partial charge on any atom is 0.222 e. The van der Waals surface area contributed by atoms with Gasteiger partial charge in [0, 0.05) is 23.2 Å². The number of hydrogen-bond acceptors (Lipinski definition) is 3. The number of imidazole rings is 1. The van der Waals surface area contributed by atoms with Crippen LogP contribution in [0.15, 0.2) is 36.5 Å². The first kappa shape index (κ1) is 18.5. The first-order valence-electron chi connectivity index (χ1n) is 8.27. The van der Waals surface area contributed by atoms with Gasteiger partial charge >= 0.3 is 0 Å². The lowest BCUT2D eigenvalue weighted by atomic mass is 10.1. The summed E-state index contributed by atoms with van der Waals surface area (Å²) in [6.07, 6.45) is 3.45. The molecule has 0 aliphatic rings. The van der Waals surface area contributed by atoms with Gasteiger partial charge in [0.15, 0.2) is 11.4 Å². The molecule has 2 heterocycles. The molecule has 0 unspecified atom stereocenters. The number of anilines is 1. The van der Waals surface area contributed by atoms with E-state index in [0.717, 1.165) is 24.1 Å². The number of benzene rings is 1. The van der Waals surface area contributed by atoms with Crippen LogP contribution in [0.4, 0.5) is 5.82 Å². The Morgan fingerprint density at radius 2 is 2.12 bits per heavy atom. The van der Waals surface area contributed by atoms with Crippen LogP contribution in [0.25, 0.3) is 5.65 Å². The second-order valence-electron chi connectivity index (χ2n) is 5.98. The summed E-state index contributed by atoms with van der Waals surface area (Å²) >= 11 is 12.1. The Balaban J connectivity index is 1.68. The van der Waals surface area contributed by atoms with E-state index in [2.05, 4.69) is 10.3 Å². The molecule has 0 aliphatic carbocycles. The molecule has 5 nitrogen and oxygen atoms in total. The zero-order chi connectivity index (χ0) is 18.7. The van der Waals surface area contributed by atoms with Crippen LogP contribution in [0, 0.1) is 6.92 Å². The molecule has 0 saturated carbocycles.